The van der Waals surface area contributed by atoms with Crippen molar-refractivity contribution in [2.75, 3.05) is 62.2 Å². The number of carbonyl (C=O) groups excluding carboxylic acids is 5. The molecule has 4 saturated heterocycles. The van der Waals surface area contributed by atoms with Crippen molar-refractivity contribution in [1.82, 2.24) is 40.2 Å². The van der Waals surface area contributed by atoms with Crippen LogP contribution >= 0.6 is 0 Å². The van der Waals surface area contributed by atoms with E-state index in [2.05, 4.69) is 71.1 Å². The molecule has 6 aliphatic rings. The molecule has 2 atom stereocenters. The largest absolute Gasteiger partial charge is 0.488 e. The lowest BCUT2D eigenvalue weighted by atomic mass is 9.90. The van der Waals surface area contributed by atoms with Gasteiger partial charge in [-0.25, -0.2) is 9.97 Å². The molecule has 0 bridgehead atoms. The first-order chi connectivity index (χ1) is 30.0. The van der Waals surface area contributed by atoms with Gasteiger partial charge in [-0.05, 0) is 114 Å². The monoisotopic (exact) mass is 842 g/mol. The molecular formula is C46H54N10O6. The minimum Gasteiger partial charge on any atom is -0.488 e. The molecule has 16 heteroatoms. The zero-order chi connectivity index (χ0) is 42.7. The minimum absolute atomic E-state index is 0.0338. The van der Waals surface area contributed by atoms with Gasteiger partial charge in [-0.2, -0.15) is 5.10 Å². The number of nitrogens with zero attached hydrogens (tertiary/aromatic N) is 8. The molecule has 16 nitrogen and oxygen atoms in total. The highest BCUT2D eigenvalue weighted by molar-refractivity contribution is 6.23. The van der Waals surface area contributed by atoms with E-state index in [0.717, 1.165) is 129 Å². The number of H-pyrrole nitrogens is 1. The van der Waals surface area contributed by atoms with Crippen LogP contribution in [0.2, 0.25) is 0 Å². The molecule has 0 spiro atoms. The zero-order valence-corrected chi connectivity index (χ0v) is 35.5. The number of carbonyl (C=O) groups is 5. The Balaban J connectivity index is 0.672. The summed E-state index contributed by atoms with van der Waals surface area (Å²) in [6.07, 6.45) is 8.62. The van der Waals surface area contributed by atoms with Crippen molar-refractivity contribution in [3.63, 3.8) is 0 Å². The lowest BCUT2D eigenvalue weighted by Gasteiger charge is -2.41. The van der Waals surface area contributed by atoms with E-state index in [1.54, 1.807) is 18.5 Å². The fourth-order valence-corrected chi connectivity index (χ4v) is 10.1. The summed E-state index contributed by atoms with van der Waals surface area (Å²) in [7, 11) is 0. The van der Waals surface area contributed by atoms with Crippen LogP contribution in [-0.2, 0) is 14.4 Å². The number of nitrogens with one attached hydrogen (secondary N) is 2. The third-order valence-corrected chi connectivity index (χ3v) is 14.2. The normalized spacial score (nSPS) is 23.6. The predicted molar refractivity (Wildman–Crippen MR) is 231 cm³/mol. The van der Waals surface area contributed by atoms with E-state index in [4.69, 9.17) is 4.74 Å². The molecule has 2 N–H and O–H groups in total. The summed E-state index contributed by atoms with van der Waals surface area (Å²) >= 11 is 0. The van der Waals surface area contributed by atoms with Gasteiger partial charge in [0.15, 0.2) is 0 Å². The van der Waals surface area contributed by atoms with Crippen molar-refractivity contribution in [3.05, 3.63) is 59.9 Å². The van der Waals surface area contributed by atoms with E-state index >= 15 is 0 Å². The van der Waals surface area contributed by atoms with Crippen molar-refractivity contribution in [1.29, 1.82) is 0 Å². The Morgan fingerprint density at radius 3 is 2.40 bits per heavy atom. The van der Waals surface area contributed by atoms with Gasteiger partial charge < -0.3 is 19.4 Å². The van der Waals surface area contributed by atoms with E-state index in [9.17, 15) is 24.0 Å². The highest BCUT2D eigenvalue weighted by Gasteiger charge is 2.45. The molecule has 10 rings (SSSR count). The molecule has 2 aromatic heterocycles. The molecule has 5 fully saturated rings. The first-order valence-corrected chi connectivity index (χ1v) is 22.4. The number of rotatable bonds is 10. The van der Waals surface area contributed by atoms with Crippen LogP contribution in [0.3, 0.4) is 0 Å². The number of fused-ring (bicyclic) bond motifs is 2. The molecule has 0 radical (unpaired) electrons. The number of aromatic nitrogens is 4. The molecule has 7 heterocycles. The number of hydrogen-bond donors (Lipinski definition) is 2. The highest BCUT2D eigenvalue weighted by Crippen LogP contribution is 2.41. The van der Waals surface area contributed by atoms with Crippen LogP contribution in [0.5, 0.6) is 5.75 Å². The summed E-state index contributed by atoms with van der Waals surface area (Å²) in [4.78, 5) is 83.8. The van der Waals surface area contributed by atoms with Crippen molar-refractivity contribution in [2.45, 2.75) is 89.3 Å². The van der Waals surface area contributed by atoms with Crippen molar-refractivity contribution < 1.29 is 28.7 Å². The lowest BCUT2D eigenvalue weighted by Crippen LogP contribution is -2.54. The van der Waals surface area contributed by atoms with Crippen molar-refractivity contribution in [2.24, 2.45) is 11.8 Å². The van der Waals surface area contributed by atoms with Gasteiger partial charge >= 0.3 is 0 Å². The Morgan fingerprint density at radius 2 is 1.65 bits per heavy atom. The van der Waals surface area contributed by atoms with Crippen molar-refractivity contribution >= 4 is 51.9 Å². The second-order valence-corrected chi connectivity index (χ2v) is 18.4. The highest BCUT2D eigenvalue weighted by atomic mass is 16.5. The van der Waals surface area contributed by atoms with E-state index in [0.29, 0.717) is 25.0 Å². The number of aromatic amines is 1. The maximum atomic E-state index is 13.7. The van der Waals surface area contributed by atoms with Crippen molar-refractivity contribution in [3.8, 4) is 17.1 Å². The summed E-state index contributed by atoms with van der Waals surface area (Å²) in [6, 6.07) is 12.7. The van der Waals surface area contributed by atoms with Gasteiger partial charge in [-0.15, -0.1) is 0 Å². The van der Waals surface area contributed by atoms with Crippen LogP contribution in [0.25, 0.3) is 22.3 Å². The van der Waals surface area contributed by atoms with E-state index in [-0.39, 0.29) is 41.4 Å². The van der Waals surface area contributed by atoms with Crippen LogP contribution < -0.4 is 19.9 Å². The molecule has 1 saturated carbocycles. The first kappa shape index (κ1) is 40.2. The average molecular weight is 843 g/mol. The van der Waals surface area contributed by atoms with E-state index in [1.807, 2.05) is 18.2 Å². The van der Waals surface area contributed by atoms with Gasteiger partial charge in [-0.1, -0.05) is 0 Å². The molecule has 62 heavy (non-hydrogen) atoms. The number of imide groups is 2. The molecule has 1 aliphatic carbocycles. The van der Waals surface area contributed by atoms with E-state index < -0.39 is 29.7 Å². The van der Waals surface area contributed by atoms with E-state index in [1.165, 1.54) is 0 Å². The quantitative estimate of drug-likeness (QED) is 0.216. The van der Waals surface area contributed by atoms with Crippen LogP contribution in [0.1, 0.15) is 92.4 Å². The number of piperazine rings is 1. The fourth-order valence-electron chi connectivity index (χ4n) is 10.1. The Hall–Kier alpha value is -5.90. The molecule has 324 valence electrons. The maximum Gasteiger partial charge on any atom is 0.262 e. The van der Waals surface area contributed by atoms with Gasteiger partial charge in [0.1, 0.15) is 29.5 Å². The number of hydrogen-bond acceptors (Lipinski definition) is 12. The summed E-state index contributed by atoms with van der Waals surface area (Å²) < 4.78 is 6.23. The number of benzene rings is 2. The molecule has 1 unspecified atom stereocenters. The van der Waals surface area contributed by atoms with Gasteiger partial charge in [0.2, 0.25) is 17.7 Å². The van der Waals surface area contributed by atoms with Crippen LogP contribution in [0, 0.1) is 11.8 Å². The third-order valence-electron chi connectivity index (χ3n) is 14.2. The van der Waals surface area contributed by atoms with Gasteiger partial charge in [0.05, 0.1) is 28.0 Å². The summed E-state index contributed by atoms with van der Waals surface area (Å²) in [5.74, 6) is 0.543. The van der Waals surface area contributed by atoms with Crippen LogP contribution in [0.15, 0.2) is 48.8 Å². The topological polar surface area (TPSA) is 177 Å². The molecule has 5 aliphatic heterocycles. The molecule has 2 aromatic carbocycles. The first-order valence-electron chi connectivity index (χ1n) is 22.4. The van der Waals surface area contributed by atoms with Gasteiger partial charge in [0, 0.05) is 81.3 Å². The summed E-state index contributed by atoms with van der Waals surface area (Å²) in [6.45, 7) is 11.2. The SMILES string of the molecule is C[C@H]1CN(c2cc(-c3[nH]nc4ccc(OC5(C)CC5)cc34)ncn2)CCN1CCC1CCN(C(=O)C2CCN(c3ccc4c(c3)C(=O)N(C3CCC(=O)NC3=O)C4=O)CC2)CC1. The summed E-state index contributed by atoms with van der Waals surface area (Å²) in [5.41, 5.74) is 3.87. The number of ether oxygens (including phenoxy) is 1. The number of likely N-dealkylation sites (tertiary alicyclic amines) is 1. The predicted octanol–water partition coefficient (Wildman–Crippen LogP) is 4.41. The lowest BCUT2D eigenvalue weighted by molar-refractivity contribution is -0.138. The zero-order valence-electron chi connectivity index (χ0n) is 35.5. The standard InChI is InChI=1S/C46H54N10O6/c1-28-26-55(39-25-37(47-27-48-39)41-35-24-32(62-46(2)14-15-46)4-6-36(35)50-51-41)22-21-52(28)16-9-29-10-17-54(18-11-29)43(59)30-12-19-53(20-13-30)31-3-5-33-34(23-31)45(61)56(44(33)60)38-7-8-40(57)49-42(38)58/h3-6,23-25,27-30,38H,7-22,26H2,1-2H3,(H,50,51)(H,49,57,58)/t28-,38?/m0/s1. The van der Waals surface area contributed by atoms with Gasteiger partial charge in [-0.3, -0.25) is 44.2 Å². The van der Waals surface area contributed by atoms with Crippen LogP contribution in [0.4, 0.5) is 11.5 Å². The summed E-state index contributed by atoms with van der Waals surface area (Å²) in [5, 5.41) is 11.0. The fraction of sp³-hybridized carbons (Fsp3) is 0.522. The third kappa shape index (κ3) is 7.77. The van der Waals surface area contributed by atoms with Crippen LogP contribution in [-0.4, -0.2) is 134 Å². The average Bonchev–Trinajstić information content (AvgIpc) is 3.77. The molecule has 5 amide bonds. The minimum atomic E-state index is -0.991. The smallest absolute Gasteiger partial charge is 0.262 e. The Kier molecular flexibility index (Phi) is 10.4. The molecular weight excluding hydrogens is 789 g/mol. The second-order valence-electron chi connectivity index (χ2n) is 18.4. The van der Waals surface area contributed by atoms with Gasteiger partial charge in [0.25, 0.3) is 11.8 Å². The Bertz CT molecular complexity index is 2430. The Morgan fingerprint density at radius 1 is 0.855 bits per heavy atom. The Labute approximate surface area is 360 Å². The number of amides is 5. The second kappa shape index (κ2) is 16.1. The maximum absolute atomic E-state index is 13.7. The molecule has 4 aromatic rings. The number of anilines is 2. The number of piperidine rings is 3.